The molecule has 0 saturated heterocycles. The smallest absolute Gasteiger partial charge is 0.239 e. The number of hydrogen-bond donors (Lipinski definition) is 0. The standard InChI is InChI=1S/C11H18NO/c1-9-6-7-10(11(2,3)4)12(8-9)13-5/h6-8H,1-5H3/q+1. The van der Waals surface area contributed by atoms with Crippen LogP contribution in [0, 0.1) is 6.92 Å². The molecule has 0 N–H and O–H groups in total. The highest BCUT2D eigenvalue weighted by Crippen LogP contribution is 2.17. The molecule has 0 unspecified atom stereocenters. The largest absolute Gasteiger partial charge is 0.274 e. The van der Waals surface area contributed by atoms with Gasteiger partial charge in [0, 0.05) is 16.4 Å². The first-order valence-corrected chi connectivity index (χ1v) is 4.52. The van der Waals surface area contributed by atoms with E-state index in [2.05, 4.69) is 39.8 Å². The molecule has 1 aromatic heterocycles. The third-order valence-corrected chi connectivity index (χ3v) is 2.03. The van der Waals surface area contributed by atoms with Gasteiger partial charge in [0.25, 0.3) is 0 Å². The SMILES string of the molecule is CO[n+]1cc(C)ccc1C(C)(C)C. The fraction of sp³-hybridized carbons (Fsp3) is 0.545. The summed E-state index contributed by atoms with van der Waals surface area (Å²) in [5, 5.41) is 0. The Hall–Kier alpha value is -1.05. The van der Waals surface area contributed by atoms with E-state index in [1.54, 1.807) is 7.11 Å². The summed E-state index contributed by atoms with van der Waals surface area (Å²) >= 11 is 0. The van der Waals surface area contributed by atoms with Gasteiger partial charge in [0.2, 0.25) is 11.9 Å². The Bertz CT molecular complexity index is 299. The number of aryl methyl sites for hydroxylation is 1. The number of aromatic nitrogens is 1. The van der Waals surface area contributed by atoms with Crippen LogP contribution in [-0.4, -0.2) is 7.11 Å². The summed E-state index contributed by atoms with van der Waals surface area (Å²) in [6.45, 7) is 8.58. The van der Waals surface area contributed by atoms with Crippen LogP contribution >= 0.6 is 0 Å². The second-order valence-corrected chi connectivity index (χ2v) is 4.35. The maximum Gasteiger partial charge on any atom is 0.239 e. The van der Waals surface area contributed by atoms with E-state index in [0.29, 0.717) is 0 Å². The van der Waals surface area contributed by atoms with Gasteiger partial charge in [-0.25, -0.2) is 0 Å². The summed E-state index contributed by atoms with van der Waals surface area (Å²) in [5.41, 5.74) is 2.50. The van der Waals surface area contributed by atoms with Crippen molar-refractivity contribution < 1.29 is 9.57 Å². The van der Waals surface area contributed by atoms with Gasteiger partial charge in [-0.3, -0.25) is 4.84 Å². The predicted octanol–water partition coefficient (Wildman–Crippen LogP) is 1.64. The van der Waals surface area contributed by atoms with E-state index in [0.717, 1.165) is 0 Å². The van der Waals surface area contributed by atoms with Gasteiger partial charge in [0.15, 0.2) is 0 Å². The van der Waals surface area contributed by atoms with Crippen LogP contribution in [0.25, 0.3) is 0 Å². The van der Waals surface area contributed by atoms with Gasteiger partial charge in [-0.05, 0) is 13.0 Å². The van der Waals surface area contributed by atoms with E-state index < -0.39 is 0 Å². The zero-order chi connectivity index (χ0) is 10.1. The van der Waals surface area contributed by atoms with Crippen molar-refractivity contribution in [2.45, 2.75) is 33.1 Å². The van der Waals surface area contributed by atoms with Crippen molar-refractivity contribution >= 4 is 0 Å². The van der Waals surface area contributed by atoms with Crippen LogP contribution in [0.5, 0.6) is 0 Å². The Labute approximate surface area is 80.1 Å². The molecule has 0 spiro atoms. The third kappa shape index (κ3) is 2.20. The summed E-state index contributed by atoms with van der Waals surface area (Å²) in [4.78, 5) is 5.27. The first kappa shape index (κ1) is 10.0. The fourth-order valence-electron chi connectivity index (χ4n) is 1.31. The Balaban J connectivity index is 3.22. The van der Waals surface area contributed by atoms with E-state index in [1.807, 2.05) is 10.9 Å². The lowest BCUT2D eigenvalue weighted by Crippen LogP contribution is -2.48. The van der Waals surface area contributed by atoms with Crippen LogP contribution in [0.3, 0.4) is 0 Å². The monoisotopic (exact) mass is 180 g/mol. The number of nitrogens with zero attached hydrogens (tertiary/aromatic N) is 1. The summed E-state index contributed by atoms with van der Waals surface area (Å²) < 4.78 is 1.83. The van der Waals surface area contributed by atoms with Crippen LogP contribution in [0.4, 0.5) is 0 Å². The third-order valence-electron chi connectivity index (χ3n) is 2.03. The summed E-state index contributed by atoms with van der Waals surface area (Å²) in [7, 11) is 1.69. The van der Waals surface area contributed by atoms with Gasteiger partial charge in [0.05, 0.1) is 5.41 Å². The molecule has 0 aliphatic heterocycles. The molecule has 0 bridgehead atoms. The van der Waals surface area contributed by atoms with Crippen molar-refractivity contribution in [2.75, 3.05) is 7.11 Å². The molecule has 2 nitrogen and oxygen atoms in total. The van der Waals surface area contributed by atoms with Crippen LogP contribution in [-0.2, 0) is 5.41 Å². The molecule has 0 radical (unpaired) electrons. The fourth-order valence-corrected chi connectivity index (χ4v) is 1.31. The van der Waals surface area contributed by atoms with E-state index in [1.165, 1.54) is 11.3 Å². The van der Waals surface area contributed by atoms with Crippen molar-refractivity contribution in [3.8, 4) is 0 Å². The Morgan fingerprint density at radius 1 is 1.23 bits per heavy atom. The molecular weight excluding hydrogens is 162 g/mol. The molecule has 13 heavy (non-hydrogen) atoms. The van der Waals surface area contributed by atoms with Gasteiger partial charge >= 0.3 is 0 Å². The molecular formula is C11H18NO+. The molecule has 1 heterocycles. The maximum absolute atomic E-state index is 5.27. The number of hydrogen-bond acceptors (Lipinski definition) is 1. The van der Waals surface area contributed by atoms with Crippen molar-refractivity contribution in [3.63, 3.8) is 0 Å². The molecule has 72 valence electrons. The highest BCUT2D eigenvalue weighted by molar-refractivity contribution is 5.12. The molecule has 2 heteroatoms. The molecule has 0 aliphatic rings. The van der Waals surface area contributed by atoms with Gasteiger partial charge in [-0.1, -0.05) is 20.8 Å². The van der Waals surface area contributed by atoms with Crippen molar-refractivity contribution in [1.82, 2.24) is 0 Å². The van der Waals surface area contributed by atoms with Crippen molar-refractivity contribution in [2.24, 2.45) is 0 Å². The molecule has 0 fully saturated rings. The average molecular weight is 180 g/mol. The topological polar surface area (TPSA) is 13.1 Å². The highest BCUT2D eigenvalue weighted by Gasteiger charge is 2.26. The molecule has 0 aliphatic carbocycles. The normalized spacial score (nSPS) is 11.5. The second kappa shape index (κ2) is 3.36. The first-order chi connectivity index (χ1) is 5.95. The van der Waals surface area contributed by atoms with Crippen LogP contribution in [0.2, 0.25) is 0 Å². The van der Waals surface area contributed by atoms with Gasteiger partial charge in [-0.2, -0.15) is 0 Å². The molecule has 1 aromatic rings. The zero-order valence-electron chi connectivity index (χ0n) is 9.09. The lowest BCUT2D eigenvalue weighted by molar-refractivity contribution is -0.892. The summed E-state index contributed by atoms with van der Waals surface area (Å²) in [6.07, 6.45) is 2.00. The molecule has 0 saturated carbocycles. The summed E-state index contributed by atoms with van der Waals surface area (Å²) in [5.74, 6) is 0. The molecule has 0 aromatic carbocycles. The molecule has 0 amide bonds. The van der Waals surface area contributed by atoms with E-state index in [4.69, 9.17) is 4.84 Å². The lowest BCUT2D eigenvalue weighted by atomic mass is 9.91. The predicted molar refractivity (Wildman–Crippen MR) is 52.6 cm³/mol. The Morgan fingerprint density at radius 3 is 2.31 bits per heavy atom. The highest BCUT2D eigenvalue weighted by atomic mass is 16.6. The quantitative estimate of drug-likeness (QED) is 0.599. The van der Waals surface area contributed by atoms with Crippen LogP contribution < -0.4 is 9.57 Å². The van der Waals surface area contributed by atoms with Crippen molar-refractivity contribution in [1.29, 1.82) is 0 Å². The van der Waals surface area contributed by atoms with Crippen LogP contribution in [0.1, 0.15) is 32.0 Å². The average Bonchev–Trinajstić information content (AvgIpc) is 2.01. The lowest BCUT2D eigenvalue weighted by Gasteiger charge is -2.14. The van der Waals surface area contributed by atoms with Gasteiger partial charge in [0.1, 0.15) is 7.11 Å². The van der Waals surface area contributed by atoms with E-state index in [9.17, 15) is 0 Å². The second-order valence-electron chi connectivity index (χ2n) is 4.35. The van der Waals surface area contributed by atoms with Gasteiger partial charge in [-0.15, -0.1) is 0 Å². The molecule has 1 rings (SSSR count). The minimum atomic E-state index is 0.115. The Morgan fingerprint density at radius 2 is 1.85 bits per heavy atom. The van der Waals surface area contributed by atoms with Gasteiger partial charge < -0.3 is 0 Å². The Kier molecular flexibility index (Phi) is 2.60. The van der Waals surface area contributed by atoms with E-state index >= 15 is 0 Å². The van der Waals surface area contributed by atoms with E-state index in [-0.39, 0.29) is 5.41 Å². The zero-order valence-corrected chi connectivity index (χ0v) is 9.09. The van der Waals surface area contributed by atoms with Crippen LogP contribution in [0.15, 0.2) is 18.3 Å². The summed E-state index contributed by atoms with van der Waals surface area (Å²) in [6, 6.07) is 4.22. The minimum absolute atomic E-state index is 0.115. The minimum Gasteiger partial charge on any atom is -0.274 e. The molecule has 0 atom stereocenters. The first-order valence-electron chi connectivity index (χ1n) is 4.52. The maximum atomic E-state index is 5.27. The number of rotatable bonds is 1. The van der Waals surface area contributed by atoms with Crippen molar-refractivity contribution in [3.05, 3.63) is 29.6 Å². The number of pyridine rings is 1.